The van der Waals surface area contributed by atoms with Crippen molar-refractivity contribution in [1.82, 2.24) is 5.32 Å². The highest BCUT2D eigenvalue weighted by atomic mass is 19.1. The number of benzene rings is 1. The van der Waals surface area contributed by atoms with Gasteiger partial charge in [-0.25, -0.2) is 14.1 Å². The van der Waals surface area contributed by atoms with Crippen molar-refractivity contribution < 1.29 is 18.8 Å². The second-order valence-electron chi connectivity index (χ2n) is 4.43. The van der Waals surface area contributed by atoms with Crippen molar-refractivity contribution in [2.45, 2.75) is 12.8 Å². The zero-order chi connectivity index (χ0) is 12.9. The van der Waals surface area contributed by atoms with E-state index in [1.807, 2.05) is 0 Å². The third-order valence-corrected chi connectivity index (χ3v) is 3.31. The van der Waals surface area contributed by atoms with E-state index in [1.165, 1.54) is 18.2 Å². The van der Waals surface area contributed by atoms with Crippen LogP contribution < -0.4 is 10.2 Å². The number of hydrogen-bond donors (Lipinski definition) is 1. The van der Waals surface area contributed by atoms with Gasteiger partial charge in [0.1, 0.15) is 11.2 Å². The van der Waals surface area contributed by atoms with Gasteiger partial charge in [-0.15, -0.1) is 0 Å². The lowest BCUT2D eigenvalue weighted by Crippen LogP contribution is -2.59. The number of carbonyl (C=O) groups is 3. The molecule has 1 aliphatic carbocycles. The monoisotopic (exact) mass is 248 g/mol. The predicted molar refractivity (Wildman–Crippen MR) is 59.1 cm³/mol. The minimum Gasteiger partial charge on any atom is -0.276 e. The maximum Gasteiger partial charge on any atom is 0.335 e. The lowest BCUT2D eigenvalue weighted by atomic mass is 10.0. The number of carbonyl (C=O) groups excluding carboxylic acids is 3. The Morgan fingerprint density at radius 2 is 1.83 bits per heavy atom. The zero-order valence-electron chi connectivity index (χ0n) is 9.27. The second kappa shape index (κ2) is 3.38. The Morgan fingerprint density at radius 1 is 1.17 bits per heavy atom. The summed E-state index contributed by atoms with van der Waals surface area (Å²) < 4.78 is 13.6. The van der Waals surface area contributed by atoms with Crippen molar-refractivity contribution in [1.29, 1.82) is 0 Å². The molecular weight excluding hydrogens is 239 g/mol. The number of rotatable bonds is 1. The van der Waals surface area contributed by atoms with Gasteiger partial charge in [-0.2, -0.15) is 0 Å². The summed E-state index contributed by atoms with van der Waals surface area (Å²) in [6, 6.07) is 4.58. The molecule has 92 valence electrons. The molecule has 0 atom stereocenters. The van der Waals surface area contributed by atoms with Crippen molar-refractivity contribution in [3.05, 3.63) is 30.1 Å². The number of nitrogens with zero attached hydrogens (tertiary/aromatic N) is 1. The van der Waals surface area contributed by atoms with Gasteiger partial charge >= 0.3 is 6.03 Å². The quantitative estimate of drug-likeness (QED) is 0.759. The van der Waals surface area contributed by atoms with E-state index in [2.05, 4.69) is 5.32 Å². The Labute approximate surface area is 102 Å². The molecule has 1 spiro atoms. The highest BCUT2D eigenvalue weighted by molar-refractivity contribution is 6.31. The van der Waals surface area contributed by atoms with E-state index in [0.29, 0.717) is 17.7 Å². The van der Waals surface area contributed by atoms with E-state index < -0.39 is 29.1 Å². The molecule has 0 unspecified atom stereocenters. The minimum atomic E-state index is -1.16. The average molecular weight is 248 g/mol. The van der Waals surface area contributed by atoms with Crippen LogP contribution in [-0.4, -0.2) is 17.8 Å². The third-order valence-electron chi connectivity index (χ3n) is 3.31. The van der Waals surface area contributed by atoms with Gasteiger partial charge in [0.05, 0.1) is 5.69 Å². The lowest BCUT2D eigenvalue weighted by Gasteiger charge is -2.30. The van der Waals surface area contributed by atoms with Crippen LogP contribution in [0.1, 0.15) is 12.8 Å². The SMILES string of the molecule is O=C1NC(=O)C2(CC2)C(=O)N1c1ccccc1F. The maximum absolute atomic E-state index is 13.6. The molecule has 0 bridgehead atoms. The van der Waals surface area contributed by atoms with Gasteiger partial charge in [0, 0.05) is 0 Å². The topological polar surface area (TPSA) is 66.5 Å². The van der Waals surface area contributed by atoms with Gasteiger partial charge in [-0.1, -0.05) is 12.1 Å². The minimum absolute atomic E-state index is 0.126. The highest BCUT2D eigenvalue weighted by Gasteiger charge is 2.62. The van der Waals surface area contributed by atoms with Gasteiger partial charge in [0.25, 0.3) is 5.91 Å². The first kappa shape index (κ1) is 10.9. The molecule has 5 nitrogen and oxygen atoms in total. The molecule has 4 amide bonds. The second-order valence-corrected chi connectivity index (χ2v) is 4.43. The first-order valence-electron chi connectivity index (χ1n) is 5.51. The van der Waals surface area contributed by atoms with Crippen LogP contribution in [0.3, 0.4) is 0 Å². The molecule has 1 saturated carbocycles. The molecule has 0 radical (unpaired) electrons. The first-order chi connectivity index (χ1) is 8.56. The Hall–Kier alpha value is -2.24. The standard InChI is InChI=1S/C12H9FN2O3/c13-7-3-1-2-4-8(7)15-10(17)12(5-6-12)9(16)14-11(15)18/h1-4H,5-6H2,(H,14,16,18). The molecule has 1 N–H and O–H groups in total. The molecule has 1 aromatic carbocycles. The van der Waals surface area contributed by atoms with Crippen molar-refractivity contribution in [2.24, 2.45) is 5.41 Å². The van der Waals surface area contributed by atoms with Crippen LogP contribution in [0.2, 0.25) is 0 Å². The number of amides is 4. The van der Waals surface area contributed by atoms with Gasteiger partial charge in [0.15, 0.2) is 0 Å². The molecule has 2 aliphatic rings. The molecule has 3 rings (SSSR count). The molecule has 18 heavy (non-hydrogen) atoms. The van der Waals surface area contributed by atoms with Crippen molar-refractivity contribution in [2.75, 3.05) is 4.90 Å². The van der Waals surface area contributed by atoms with Crippen molar-refractivity contribution in [3.8, 4) is 0 Å². The summed E-state index contributed by atoms with van der Waals surface area (Å²) in [6.45, 7) is 0. The Balaban J connectivity index is 2.06. The maximum atomic E-state index is 13.6. The lowest BCUT2D eigenvalue weighted by molar-refractivity contribution is -0.136. The summed E-state index contributed by atoms with van der Waals surface area (Å²) >= 11 is 0. The summed E-state index contributed by atoms with van der Waals surface area (Å²) in [5.41, 5.74) is -1.28. The average Bonchev–Trinajstić information content (AvgIpc) is 3.11. The molecule has 1 aromatic rings. The highest BCUT2D eigenvalue weighted by Crippen LogP contribution is 2.49. The smallest absolute Gasteiger partial charge is 0.276 e. The number of hydrogen-bond acceptors (Lipinski definition) is 3. The summed E-state index contributed by atoms with van der Waals surface area (Å²) in [4.78, 5) is 36.2. The Bertz CT molecular complexity index is 580. The largest absolute Gasteiger partial charge is 0.335 e. The van der Waals surface area contributed by atoms with E-state index in [0.717, 1.165) is 6.07 Å². The van der Waals surface area contributed by atoms with Crippen LogP contribution in [0.5, 0.6) is 0 Å². The summed E-state index contributed by atoms with van der Waals surface area (Å²) in [6.07, 6.45) is 0.797. The fourth-order valence-electron chi connectivity index (χ4n) is 2.09. The first-order valence-corrected chi connectivity index (χ1v) is 5.51. The van der Waals surface area contributed by atoms with Crippen LogP contribution in [0.25, 0.3) is 0 Å². The third kappa shape index (κ3) is 1.28. The molecular formula is C12H9FN2O3. The van der Waals surface area contributed by atoms with Gasteiger partial charge in [-0.05, 0) is 25.0 Å². The van der Waals surface area contributed by atoms with Gasteiger partial charge in [0.2, 0.25) is 5.91 Å². The molecule has 1 saturated heterocycles. The molecule has 1 heterocycles. The number of para-hydroxylation sites is 1. The van der Waals surface area contributed by atoms with E-state index in [-0.39, 0.29) is 5.69 Å². The molecule has 1 aliphatic heterocycles. The van der Waals surface area contributed by atoms with Crippen molar-refractivity contribution >= 4 is 23.5 Å². The van der Waals surface area contributed by atoms with Crippen LogP contribution in [-0.2, 0) is 9.59 Å². The number of barbiturate groups is 1. The zero-order valence-corrected chi connectivity index (χ0v) is 9.27. The number of urea groups is 1. The summed E-state index contributed by atoms with van der Waals surface area (Å²) in [5.74, 6) is -1.89. The molecule has 0 aromatic heterocycles. The van der Waals surface area contributed by atoms with E-state index in [4.69, 9.17) is 0 Å². The fourth-order valence-corrected chi connectivity index (χ4v) is 2.09. The van der Waals surface area contributed by atoms with Crippen LogP contribution in [0, 0.1) is 11.2 Å². The number of anilines is 1. The van der Waals surface area contributed by atoms with E-state index in [1.54, 1.807) is 0 Å². The normalized spacial score (nSPS) is 21.2. The number of imide groups is 2. The summed E-state index contributed by atoms with van der Waals surface area (Å²) in [5, 5.41) is 2.10. The molecule has 6 heteroatoms. The number of nitrogens with one attached hydrogen (secondary N) is 1. The molecule has 2 fully saturated rings. The fraction of sp³-hybridized carbons (Fsp3) is 0.250. The van der Waals surface area contributed by atoms with E-state index in [9.17, 15) is 18.8 Å². The van der Waals surface area contributed by atoms with Gasteiger partial charge < -0.3 is 0 Å². The van der Waals surface area contributed by atoms with Crippen LogP contribution >= 0.6 is 0 Å². The van der Waals surface area contributed by atoms with Crippen LogP contribution in [0.15, 0.2) is 24.3 Å². The van der Waals surface area contributed by atoms with Gasteiger partial charge in [-0.3, -0.25) is 14.9 Å². The Kier molecular flexibility index (Phi) is 2.04. The van der Waals surface area contributed by atoms with E-state index >= 15 is 0 Å². The van der Waals surface area contributed by atoms with Crippen molar-refractivity contribution in [3.63, 3.8) is 0 Å². The number of halogens is 1. The Morgan fingerprint density at radius 3 is 2.44 bits per heavy atom. The summed E-state index contributed by atoms with van der Waals surface area (Å²) in [7, 11) is 0. The predicted octanol–water partition coefficient (Wildman–Crippen LogP) is 1.19. The van der Waals surface area contributed by atoms with Crippen LogP contribution in [0.4, 0.5) is 14.9 Å².